The van der Waals surface area contributed by atoms with E-state index in [1.54, 1.807) is 0 Å². The van der Waals surface area contributed by atoms with Gasteiger partial charge in [0.1, 0.15) is 0 Å². The average Bonchev–Trinajstić information content (AvgIpc) is 2.25. The number of carboxylic acids is 1. The monoisotopic (exact) mass is 290 g/mol. The molecular formula is C12H18O8. The highest BCUT2D eigenvalue weighted by molar-refractivity contribution is 5.91. The molecule has 0 bridgehead atoms. The fourth-order valence-corrected chi connectivity index (χ4v) is 0.551. The smallest absolute Gasteiger partial charge is 0.333 e. The van der Waals surface area contributed by atoms with Gasteiger partial charge in [-0.15, -0.1) is 0 Å². The van der Waals surface area contributed by atoms with Crippen molar-refractivity contribution in [1.82, 2.24) is 0 Å². The average molecular weight is 290 g/mol. The summed E-state index contributed by atoms with van der Waals surface area (Å²) < 4.78 is 8.53. The number of carbonyl (C=O) groups is 3. The molecule has 0 radical (unpaired) electrons. The Labute approximate surface area is 115 Å². The van der Waals surface area contributed by atoms with Gasteiger partial charge in [-0.3, -0.25) is 0 Å². The molecule has 0 spiro atoms. The third-order valence-electron chi connectivity index (χ3n) is 1.29. The molecule has 0 rings (SSSR count). The van der Waals surface area contributed by atoms with Gasteiger partial charge >= 0.3 is 17.9 Å². The van der Waals surface area contributed by atoms with Crippen molar-refractivity contribution in [2.45, 2.75) is 33.4 Å². The Morgan fingerprint density at radius 3 is 1.40 bits per heavy atom. The van der Waals surface area contributed by atoms with Crippen LogP contribution in [0.3, 0.4) is 0 Å². The molecular weight excluding hydrogens is 272 g/mol. The molecule has 0 aliphatic carbocycles. The predicted molar refractivity (Wildman–Crippen MR) is 67.1 cm³/mol. The third-order valence-corrected chi connectivity index (χ3v) is 1.29. The number of rotatable bonds is 5. The molecule has 8 heteroatoms. The minimum absolute atomic E-state index is 0.176. The summed E-state index contributed by atoms with van der Waals surface area (Å²) in [5, 5.41) is 25.1. The molecule has 2 atom stereocenters. The Morgan fingerprint density at radius 2 is 1.25 bits per heavy atom. The van der Waals surface area contributed by atoms with Gasteiger partial charge in [0.25, 0.3) is 0 Å². The number of carboxylic acid groups (broad SMARTS) is 1. The zero-order valence-electron chi connectivity index (χ0n) is 11.4. The highest BCUT2D eigenvalue weighted by Crippen LogP contribution is 1.91. The van der Waals surface area contributed by atoms with Gasteiger partial charge in [-0.05, 0) is 20.8 Å². The van der Waals surface area contributed by atoms with Crippen LogP contribution >= 0.6 is 0 Å². The standard InChI is InChI=1S/C8H12O6.C4H6O2/c1-5(9)13-7(11)3-4-8(12)14-6(2)10;1-3(2)4(5)6/h3-6,9-10H,1-2H3;1H2,2H3,(H,5,6)/b4-3-;. The highest BCUT2D eigenvalue weighted by atomic mass is 16.6. The number of carbonyl (C=O) groups excluding carboxylic acids is 2. The number of hydrogen-bond acceptors (Lipinski definition) is 7. The van der Waals surface area contributed by atoms with Crippen molar-refractivity contribution in [2.75, 3.05) is 0 Å². The van der Waals surface area contributed by atoms with Crippen LogP contribution in [0.5, 0.6) is 0 Å². The number of ether oxygens (including phenoxy) is 2. The first-order valence-corrected chi connectivity index (χ1v) is 5.40. The van der Waals surface area contributed by atoms with Gasteiger partial charge in [0, 0.05) is 17.7 Å². The van der Waals surface area contributed by atoms with Crippen LogP contribution in [-0.4, -0.2) is 45.8 Å². The molecule has 0 aromatic heterocycles. The third kappa shape index (κ3) is 15.8. The summed E-state index contributed by atoms with van der Waals surface area (Å²) in [4.78, 5) is 31.0. The number of aliphatic hydroxyl groups excluding tert-OH is 2. The van der Waals surface area contributed by atoms with Gasteiger partial charge in [-0.1, -0.05) is 6.58 Å². The lowest BCUT2D eigenvalue weighted by molar-refractivity contribution is -0.161. The first-order valence-electron chi connectivity index (χ1n) is 5.40. The Hall–Kier alpha value is -2.19. The zero-order valence-corrected chi connectivity index (χ0v) is 11.4. The normalized spacial score (nSPS) is 12.7. The summed E-state index contributed by atoms with van der Waals surface area (Å²) in [5.41, 5.74) is 0.176. The van der Waals surface area contributed by atoms with Gasteiger partial charge < -0.3 is 24.8 Å². The predicted octanol–water partition coefficient (Wildman–Crippen LogP) is -0.0473. The lowest BCUT2D eigenvalue weighted by Crippen LogP contribution is -2.14. The van der Waals surface area contributed by atoms with Crippen molar-refractivity contribution in [1.29, 1.82) is 0 Å². The number of esters is 2. The summed E-state index contributed by atoms with van der Waals surface area (Å²) in [6.07, 6.45) is -0.894. The van der Waals surface area contributed by atoms with Crippen molar-refractivity contribution in [3.8, 4) is 0 Å². The molecule has 0 saturated heterocycles. The fourth-order valence-electron chi connectivity index (χ4n) is 0.551. The van der Waals surface area contributed by atoms with Gasteiger partial charge in [-0.25, -0.2) is 14.4 Å². The van der Waals surface area contributed by atoms with Crippen LogP contribution < -0.4 is 0 Å². The van der Waals surface area contributed by atoms with Crippen LogP contribution in [0.1, 0.15) is 20.8 Å². The first kappa shape index (κ1) is 20.1. The molecule has 0 fully saturated rings. The summed E-state index contributed by atoms with van der Waals surface area (Å²) in [5.74, 6) is -2.68. The van der Waals surface area contributed by atoms with Gasteiger partial charge in [0.2, 0.25) is 0 Å². The topological polar surface area (TPSA) is 130 Å². The van der Waals surface area contributed by atoms with Crippen LogP contribution in [0.15, 0.2) is 24.3 Å². The summed E-state index contributed by atoms with van der Waals surface area (Å²) in [6.45, 7) is 7.10. The van der Waals surface area contributed by atoms with E-state index >= 15 is 0 Å². The SMILES string of the molecule is C=C(C)C(=O)O.CC(O)OC(=O)/C=C\C(=O)OC(C)O. The Kier molecular flexibility index (Phi) is 10.8. The largest absolute Gasteiger partial charge is 0.478 e. The molecule has 0 amide bonds. The van der Waals surface area contributed by atoms with Crippen molar-refractivity contribution in [3.63, 3.8) is 0 Å². The molecule has 114 valence electrons. The lowest BCUT2D eigenvalue weighted by Gasteiger charge is -2.04. The van der Waals surface area contributed by atoms with E-state index in [4.69, 9.17) is 15.3 Å². The first-order chi connectivity index (χ1) is 9.06. The Balaban J connectivity index is 0. The second-order valence-corrected chi connectivity index (χ2v) is 3.49. The van der Waals surface area contributed by atoms with Crippen molar-refractivity contribution >= 4 is 17.9 Å². The van der Waals surface area contributed by atoms with Crippen molar-refractivity contribution in [3.05, 3.63) is 24.3 Å². The maximum atomic E-state index is 10.7. The summed E-state index contributed by atoms with van der Waals surface area (Å²) >= 11 is 0. The quantitative estimate of drug-likeness (QED) is 0.365. The zero-order chi connectivity index (χ0) is 16.3. The fraction of sp³-hybridized carbons (Fsp3) is 0.417. The maximum Gasteiger partial charge on any atom is 0.333 e. The molecule has 0 aliphatic heterocycles. The van der Waals surface area contributed by atoms with Crippen LogP contribution in [0.4, 0.5) is 0 Å². The molecule has 0 aromatic rings. The second kappa shape index (κ2) is 10.7. The van der Waals surface area contributed by atoms with E-state index < -0.39 is 30.5 Å². The van der Waals surface area contributed by atoms with E-state index in [0.717, 1.165) is 12.2 Å². The molecule has 0 aromatic carbocycles. The van der Waals surface area contributed by atoms with Crippen LogP contribution in [0, 0.1) is 0 Å². The molecule has 0 aliphatic rings. The number of hydrogen-bond donors (Lipinski definition) is 3. The maximum absolute atomic E-state index is 10.7. The van der Waals surface area contributed by atoms with E-state index in [2.05, 4.69) is 16.1 Å². The van der Waals surface area contributed by atoms with Crippen LogP contribution in [0.25, 0.3) is 0 Å². The molecule has 0 heterocycles. The van der Waals surface area contributed by atoms with Crippen molar-refractivity contribution in [2.24, 2.45) is 0 Å². The van der Waals surface area contributed by atoms with Crippen molar-refractivity contribution < 1.29 is 39.2 Å². The molecule has 8 nitrogen and oxygen atoms in total. The Morgan fingerprint density at radius 1 is 1.00 bits per heavy atom. The minimum Gasteiger partial charge on any atom is -0.478 e. The van der Waals surface area contributed by atoms with E-state index in [0.29, 0.717) is 0 Å². The summed E-state index contributed by atoms with van der Waals surface area (Å²) in [6, 6.07) is 0. The van der Waals surface area contributed by atoms with Gasteiger partial charge in [0.15, 0.2) is 12.6 Å². The van der Waals surface area contributed by atoms with Crippen LogP contribution in [-0.2, 0) is 23.9 Å². The molecule has 0 saturated carbocycles. The lowest BCUT2D eigenvalue weighted by atomic mass is 10.4. The Bertz CT molecular complexity index is 345. The van der Waals surface area contributed by atoms with E-state index in [1.807, 2.05) is 0 Å². The second-order valence-electron chi connectivity index (χ2n) is 3.49. The van der Waals surface area contributed by atoms with E-state index in [9.17, 15) is 14.4 Å². The van der Waals surface area contributed by atoms with E-state index in [1.165, 1.54) is 20.8 Å². The van der Waals surface area contributed by atoms with Gasteiger partial charge in [0.05, 0.1) is 0 Å². The van der Waals surface area contributed by atoms with E-state index in [-0.39, 0.29) is 5.57 Å². The molecule has 2 unspecified atom stereocenters. The molecule has 20 heavy (non-hydrogen) atoms. The number of aliphatic hydroxyl groups is 2. The van der Waals surface area contributed by atoms with Crippen LogP contribution in [0.2, 0.25) is 0 Å². The summed E-state index contributed by atoms with van der Waals surface area (Å²) in [7, 11) is 0. The number of aliphatic carboxylic acids is 1. The molecule has 3 N–H and O–H groups in total. The minimum atomic E-state index is -1.24. The highest BCUT2D eigenvalue weighted by Gasteiger charge is 2.05. The van der Waals surface area contributed by atoms with Gasteiger partial charge in [-0.2, -0.15) is 0 Å².